The van der Waals surface area contributed by atoms with Crippen molar-refractivity contribution >= 4 is 16.8 Å². The average molecular weight is 465 g/mol. The predicted molar refractivity (Wildman–Crippen MR) is 145 cm³/mol. The van der Waals surface area contributed by atoms with Gasteiger partial charge >= 0.3 is 0 Å². The van der Waals surface area contributed by atoms with Crippen molar-refractivity contribution in [1.82, 2.24) is 9.88 Å². The third-order valence-corrected chi connectivity index (χ3v) is 7.47. The molecule has 0 saturated heterocycles. The van der Waals surface area contributed by atoms with Gasteiger partial charge in [0.05, 0.1) is 0 Å². The largest absolute Gasteiger partial charge is 0.353 e. The maximum absolute atomic E-state index is 13.3. The number of amides is 1. The van der Waals surface area contributed by atoms with Crippen LogP contribution in [0.4, 0.5) is 0 Å². The van der Waals surface area contributed by atoms with Crippen LogP contribution in [0, 0.1) is 13.8 Å². The van der Waals surface area contributed by atoms with Gasteiger partial charge in [0.15, 0.2) is 0 Å². The molecule has 0 bridgehead atoms. The van der Waals surface area contributed by atoms with E-state index in [9.17, 15) is 4.79 Å². The zero-order valence-corrected chi connectivity index (χ0v) is 21.0. The Balaban J connectivity index is 1.51. The number of carbonyl (C=O) groups excluding carboxylic acids is 1. The molecule has 1 heterocycles. The van der Waals surface area contributed by atoms with Crippen LogP contribution in [0.3, 0.4) is 0 Å². The fourth-order valence-electron chi connectivity index (χ4n) is 5.59. The molecule has 180 valence electrons. The van der Waals surface area contributed by atoms with Gasteiger partial charge in [-0.1, -0.05) is 97.1 Å². The summed E-state index contributed by atoms with van der Waals surface area (Å²) in [6.07, 6.45) is 8.70. The molecule has 1 fully saturated rings. The molecule has 1 aliphatic carbocycles. The van der Waals surface area contributed by atoms with Crippen LogP contribution in [0.5, 0.6) is 0 Å². The van der Waals surface area contributed by atoms with Gasteiger partial charge in [-0.15, -0.1) is 0 Å². The lowest BCUT2D eigenvalue weighted by Gasteiger charge is -2.24. The molecule has 1 amide bonds. The van der Waals surface area contributed by atoms with Crippen molar-refractivity contribution in [3.63, 3.8) is 0 Å². The highest BCUT2D eigenvalue weighted by molar-refractivity contribution is 5.87. The topological polar surface area (TPSA) is 34.0 Å². The molecular formula is C32H36N2O. The number of benzene rings is 3. The highest BCUT2D eigenvalue weighted by Gasteiger charge is 2.24. The Morgan fingerprint density at radius 1 is 0.914 bits per heavy atom. The maximum Gasteiger partial charge on any atom is 0.221 e. The molecule has 0 aliphatic heterocycles. The van der Waals surface area contributed by atoms with Crippen molar-refractivity contribution in [3.8, 4) is 0 Å². The van der Waals surface area contributed by atoms with Gasteiger partial charge < -0.3 is 9.88 Å². The molecule has 0 unspecified atom stereocenters. The summed E-state index contributed by atoms with van der Waals surface area (Å²) in [4.78, 5) is 13.3. The summed E-state index contributed by atoms with van der Waals surface area (Å²) in [5.74, 6) is 0.182. The standard InChI is InChI=1S/C32H36N2O/c1-23-15-17-25(18-16-23)21-34-22-30(28-13-6-7-14-31(28)34)29(26-10-8-9-24(2)19-26)20-32(35)33-27-11-4-3-5-12-27/h6-10,13-19,22,27,29H,3-5,11-12,20-21H2,1-2H3,(H,33,35)/t29-/m0/s1. The zero-order chi connectivity index (χ0) is 24.2. The van der Waals surface area contributed by atoms with Crippen LogP contribution in [0.1, 0.15) is 72.3 Å². The Bertz CT molecular complexity index is 1290. The number of aryl methyl sites for hydroxylation is 2. The van der Waals surface area contributed by atoms with Crippen LogP contribution >= 0.6 is 0 Å². The molecule has 35 heavy (non-hydrogen) atoms. The van der Waals surface area contributed by atoms with Gasteiger partial charge in [-0.3, -0.25) is 4.79 Å². The number of rotatable bonds is 7. The van der Waals surface area contributed by atoms with Gasteiger partial charge in [0, 0.05) is 42.0 Å². The van der Waals surface area contributed by atoms with Gasteiger partial charge in [-0.2, -0.15) is 0 Å². The van der Waals surface area contributed by atoms with E-state index >= 15 is 0 Å². The zero-order valence-electron chi connectivity index (χ0n) is 21.0. The van der Waals surface area contributed by atoms with Crippen LogP contribution < -0.4 is 5.32 Å². The first-order valence-corrected chi connectivity index (χ1v) is 13.1. The lowest BCUT2D eigenvalue weighted by molar-refractivity contribution is -0.122. The maximum atomic E-state index is 13.3. The summed E-state index contributed by atoms with van der Waals surface area (Å²) < 4.78 is 2.34. The summed E-state index contributed by atoms with van der Waals surface area (Å²) in [5, 5.41) is 4.59. The fourth-order valence-corrected chi connectivity index (χ4v) is 5.59. The Morgan fingerprint density at radius 3 is 2.46 bits per heavy atom. The number of hydrogen-bond acceptors (Lipinski definition) is 1. The van der Waals surface area contributed by atoms with E-state index in [0.29, 0.717) is 12.5 Å². The summed E-state index contributed by atoms with van der Waals surface area (Å²) in [7, 11) is 0. The van der Waals surface area contributed by atoms with Crippen molar-refractivity contribution in [1.29, 1.82) is 0 Å². The van der Waals surface area contributed by atoms with Crippen LogP contribution in [0.25, 0.3) is 10.9 Å². The van der Waals surface area contributed by atoms with Gasteiger partial charge in [0.2, 0.25) is 5.91 Å². The number of hydrogen-bond donors (Lipinski definition) is 1. The minimum Gasteiger partial charge on any atom is -0.353 e. The van der Waals surface area contributed by atoms with E-state index in [1.165, 1.54) is 58.0 Å². The molecule has 1 N–H and O–H groups in total. The first-order chi connectivity index (χ1) is 17.1. The second kappa shape index (κ2) is 10.5. The van der Waals surface area contributed by atoms with Crippen molar-refractivity contribution < 1.29 is 4.79 Å². The van der Waals surface area contributed by atoms with E-state index in [0.717, 1.165) is 19.4 Å². The molecule has 0 radical (unpaired) electrons. The Hall–Kier alpha value is -3.33. The summed E-state index contributed by atoms with van der Waals surface area (Å²) in [6.45, 7) is 5.07. The predicted octanol–water partition coefficient (Wildman–Crippen LogP) is 7.28. The second-order valence-corrected chi connectivity index (χ2v) is 10.3. The average Bonchev–Trinajstić information content (AvgIpc) is 3.23. The number of carbonyl (C=O) groups is 1. The quantitative estimate of drug-likeness (QED) is 0.306. The minimum absolute atomic E-state index is 0.0164. The molecule has 1 aromatic heterocycles. The number of fused-ring (bicyclic) bond motifs is 1. The van der Waals surface area contributed by atoms with E-state index < -0.39 is 0 Å². The Morgan fingerprint density at radius 2 is 1.69 bits per heavy atom. The van der Waals surface area contributed by atoms with Crippen molar-refractivity contribution in [3.05, 3.63) is 107 Å². The smallest absolute Gasteiger partial charge is 0.221 e. The van der Waals surface area contributed by atoms with Gasteiger partial charge in [-0.05, 0) is 49.4 Å². The molecule has 1 saturated carbocycles. The third-order valence-electron chi connectivity index (χ3n) is 7.47. The summed E-state index contributed by atoms with van der Waals surface area (Å²) >= 11 is 0. The number of nitrogens with zero attached hydrogens (tertiary/aromatic N) is 1. The van der Waals surface area contributed by atoms with Crippen LogP contribution in [0.2, 0.25) is 0 Å². The molecule has 1 atom stereocenters. The molecule has 3 nitrogen and oxygen atoms in total. The van der Waals surface area contributed by atoms with Crippen molar-refractivity contribution in [2.45, 2.75) is 70.9 Å². The normalized spacial score (nSPS) is 15.3. The monoisotopic (exact) mass is 464 g/mol. The lowest BCUT2D eigenvalue weighted by atomic mass is 9.87. The minimum atomic E-state index is 0.0164. The van der Waals surface area contributed by atoms with E-state index in [4.69, 9.17) is 0 Å². The van der Waals surface area contributed by atoms with Gasteiger partial charge in [0.25, 0.3) is 0 Å². The van der Waals surface area contributed by atoms with E-state index in [-0.39, 0.29) is 11.8 Å². The Labute approximate surface area is 209 Å². The second-order valence-electron chi connectivity index (χ2n) is 10.3. The molecule has 3 heteroatoms. The van der Waals surface area contributed by atoms with Crippen molar-refractivity contribution in [2.24, 2.45) is 0 Å². The van der Waals surface area contributed by atoms with Crippen LogP contribution in [0.15, 0.2) is 79.0 Å². The number of para-hydroxylation sites is 1. The van der Waals surface area contributed by atoms with Gasteiger partial charge in [0.1, 0.15) is 0 Å². The summed E-state index contributed by atoms with van der Waals surface area (Å²) in [6, 6.07) is 26.4. The van der Waals surface area contributed by atoms with Crippen LogP contribution in [-0.4, -0.2) is 16.5 Å². The molecule has 0 spiro atoms. The molecule has 4 aromatic rings. The highest BCUT2D eigenvalue weighted by atomic mass is 16.1. The van der Waals surface area contributed by atoms with Crippen molar-refractivity contribution in [2.75, 3.05) is 0 Å². The van der Waals surface area contributed by atoms with Crippen LogP contribution in [-0.2, 0) is 11.3 Å². The van der Waals surface area contributed by atoms with E-state index in [1.54, 1.807) is 0 Å². The first kappa shape index (κ1) is 23.4. The molecular weight excluding hydrogens is 428 g/mol. The molecule has 5 rings (SSSR count). The summed E-state index contributed by atoms with van der Waals surface area (Å²) in [5.41, 5.74) is 7.44. The van der Waals surface area contributed by atoms with Gasteiger partial charge in [-0.25, -0.2) is 0 Å². The SMILES string of the molecule is Cc1ccc(Cn2cc([C@@H](CC(=O)NC3CCCCC3)c3cccc(C)c3)c3ccccc32)cc1. The van der Waals surface area contributed by atoms with E-state index in [1.807, 2.05) is 0 Å². The highest BCUT2D eigenvalue weighted by Crippen LogP contribution is 2.35. The molecule has 1 aliphatic rings. The number of aromatic nitrogens is 1. The third kappa shape index (κ3) is 5.51. The molecule has 3 aromatic carbocycles. The Kier molecular flexibility index (Phi) is 7.03. The lowest BCUT2D eigenvalue weighted by Crippen LogP contribution is -2.36. The number of nitrogens with one attached hydrogen (secondary N) is 1. The van der Waals surface area contributed by atoms with E-state index in [2.05, 4.69) is 103 Å². The fraction of sp³-hybridized carbons (Fsp3) is 0.344. The first-order valence-electron chi connectivity index (χ1n) is 13.1.